The van der Waals surface area contributed by atoms with Crippen molar-refractivity contribution in [3.8, 4) is 11.5 Å². The summed E-state index contributed by atoms with van der Waals surface area (Å²) >= 11 is 0. The van der Waals surface area contributed by atoms with E-state index in [0.29, 0.717) is 32.6 Å². The molecular formula is C46H60N8O6. The summed E-state index contributed by atoms with van der Waals surface area (Å²) in [5, 5.41) is 16.0. The van der Waals surface area contributed by atoms with Gasteiger partial charge in [-0.3, -0.25) is 24.4 Å². The summed E-state index contributed by atoms with van der Waals surface area (Å²) < 4.78 is 11.6. The summed E-state index contributed by atoms with van der Waals surface area (Å²) in [4.78, 5) is 61.9. The molecule has 4 amide bonds. The van der Waals surface area contributed by atoms with Crippen molar-refractivity contribution in [1.29, 1.82) is 0 Å². The van der Waals surface area contributed by atoms with E-state index in [1.807, 2.05) is 4.90 Å². The smallest absolute Gasteiger partial charge is 0.407 e. The number of amides is 4. The number of amidine groups is 2. The Morgan fingerprint density at radius 3 is 2.33 bits per heavy atom. The molecule has 320 valence electrons. The topological polar surface area (TPSA) is 175 Å². The summed E-state index contributed by atoms with van der Waals surface area (Å²) in [5.74, 6) is 3.93. The van der Waals surface area contributed by atoms with Crippen LogP contribution in [-0.4, -0.2) is 92.3 Å². The molecule has 1 saturated heterocycles. The number of hydrogen-bond acceptors (Lipinski definition) is 10. The number of benzene rings is 2. The monoisotopic (exact) mass is 820 g/mol. The van der Waals surface area contributed by atoms with Crippen molar-refractivity contribution in [3.05, 3.63) is 58.7 Å². The molecule has 2 aromatic rings. The number of carbonyl (C=O) groups excluding carboxylic acids is 4. The number of aliphatic imine (C=N–C) groups is 2. The minimum Gasteiger partial charge on any atom is -0.457 e. The molecule has 5 N–H and O–H groups in total. The first kappa shape index (κ1) is 40.3. The minimum absolute atomic E-state index is 0.00212. The lowest BCUT2D eigenvalue weighted by Gasteiger charge is -2.32. The molecule has 3 saturated carbocycles. The normalized spacial score (nSPS) is 24.9. The molecular weight excluding hydrogens is 761 g/mol. The van der Waals surface area contributed by atoms with Crippen molar-refractivity contribution in [2.24, 2.45) is 21.8 Å². The highest BCUT2D eigenvalue weighted by molar-refractivity contribution is 5.95. The zero-order valence-corrected chi connectivity index (χ0v) is 34.8. The van der Waals surface area contributed by atoms with E-state index in [-0.39, 0.29) is 47.2 Å². The molecule has 1 spiro atoms. The van der Waals surface area contributed by atoms with Crippen LogP contribution in [-0.2, 0) is 24.5 Å². The number of alkyl carbamates (subject to hydrolysis) is 1. The molecule has 2 aromatic carbocycles. The van der Waals surface area contributed by atoms with Crippen LogP contribution in [0.25, 0.3) is 0 Å². The summed E-state index contributed by atoms with van der Waals surface area (Å²) in [5.41, 5.74) is 4.74. The number of ether oxygens (including phenoxy) is 2. The second-order valence-electron chi connectivity index (χ2n) is 18.0. The van der Waals surface area contributed by atoms with Crippen LogP contribution in [0.4, 0.5) is 4.79 Å². The molecule has 5 atom stereocenters. The maximum atomic E-state index is 14.0. The van der Waals surface area contributed by atoms with Crippen LogP contribution in [0.2, 0.25) is 0 Å². The van der Waals surface area contributed by atoms with Gasteiger partial charge in [0.15, 0.2) is 0 Å². The maximum Gasteiger partial charge on any atom is 0.407 e. The molecule has 4 heterocycles. The van der Waals surface area contributed by atoms with E-state index in [0.717, 1.165) is 125 Å². The largest absolute Gasteiger partial charge is 0.457 e. The number of methoxy groups -OCH3 is 1. The molecule has 14 heteroatoms. The van der Waals surface area contributed by atoms with Gasteiger partial charge in [0.2, 0.25) is 18.2 Å². The second-order valence-corrected chi connectivity index (χ2v) is 18.0. The van der Waals surface area contributed by atoms with Crippen LogP contribution in [0.15, 0.2) is 46.4 Å². The summed E-state index contributed by atoms with van der Waals surface area (Å²) in [6, 6.07) is 12.2. The SMILES string of the molecule is COC(=O)N[C@H](C(=O)N1CCC[C@H]1C1=NCC(c2ccc3c(c2)C2(CC2)c2ccc(C4CN=C(CCCCNC(=O)[C@@H](NC=O)C5CCCC5)N4)cc2O3)N1)C1CCCC1. The van der Waals surface area contributed by atoms with Crippen LogP contribution in [0, 0.1) is 11.8 Å². The number of hydrogen-bond donors (Lipinski definition) is 5. The summed E-state index contributed by atoms with van der Waals surface area (Å²) in [6.45, 7) is 2.51. The van der Waals surface area contributed by atoms with Crippen LogP contribution in [0.3, 0.4) is 0 Å². The number of rotatable bonds is 15. The van der Waals surface area contributed by atoms with Gasteiger partial charge in [-0.25, -0.2) is 4.79 Å². The predicted octanol–water partition coefficient (Wildman–Crippen LogP) is 5.45. The number of nitrogens with one attached hydrogen (secondary N) is 5. The van der Waals surface area contributed by atoms with Gasteiger partial charge in [-0.2, -0.15) is 0 Å². The molecule has 3 aliphatic carbocycles. The molecule has 60 heavy (non-hydrogen) atoms. The van der Waals surface area contributed by atoms with Gasteiger partial charge in [-0.1, -0.05) is 43.9 Å². The lowest BCUT2D eigenvalue weighted by Crippen LogP contribution is -2.55. The van der Waals surface area contributed by atoms with Gasteiger partial charge in [0, 0.05) is 36.1 Å². The Balaban J connectivity index is 0.786. The lowest BCUT2D eigenvalue weighted by molar-refractivity contribution is -0.134. The highest BCUT2D eigenvalue weighted by Gasteiger charge is 2.52. The van der Waals surface area contributed by atoms with E-state index in [1.165, 1.54) is 23.8 Å². The molecule has 14 nitrogen and oxygen atoms in total. The first-order chi connectivity index (χ1) is 29.3. The first-order valence-corrected chi connectivity index (χ1v) is 22.5. The molecule has 4 fully saturated rings. The first-order valence-electron chi connectivity index (χ1n) is 22.5. The van der Waals surface area contributed by atoms with E-state index in [1.54, 1.807) is 0 Å². The maximum absolute atomic E-state index is 14.0. The average Bonchev–Trinajstić information content (AvgIpc) is 4.00. The van der Waals surface area contributed by atoms with Gasteiger partial charge < -0.3 is 41.0 Å². The Hall–Kier alpha value is -5.14. The van der Waals surface area contributed by atoms with Crippen molar-refractivity contribution in [3.63, 3.8) is 0 Å². The molecule has 7 aliphatic rings. The Bertz CT molecular complexity index is 2020. The number of carbonyl (C=O) groups is 4. The summed E-state index contributed by atoms with van der Waals surface area (Å²) in [7, 11) is 1.34. The zero-order valence-electron chi connectivity index (χ0n) is 34.8. The van der Waals surface area contributed by atoms with Crippen molar-refractivity contribution in [2.75, 3.05) is 33.3 Å². The fourth-order valence-corrected chi connectivity index (χ4v) is 11.0. The molecule has 9 rings (SSSR count). The molecule has 0 aromatic heterocycles. The Morgan fingerprint density at radius 2 is 1.58 bits per heavy atom. The van der Waals surface area contributed by atoms with E-state index in [2.05, 4.69) is 63.0 Å². The fourth-order valence-electron chi connectivity index (χ4n) is 11.0. The quantitative estimate of drug-likeness (QED) is 0.116. The van der Waals surface area contributed by atoms with Gasteiger partial charge in [0.05, 0.1) is 44.2 Å². The third-order valence-electron chi connectivity index (χ3n) is 14.4. The van der Waals surface area contributed by atoms with Crippen molar-refractivity contribution < 1.29 is 28.7 Å². The Kier molecular flexibility index (Phi) is 11.7. The standard InChI is InChI=1S/C46H60N8O6/c1-59-45(58)53-41(29-11-4-5-12-29)44(57)54-22-8-13-36(54)42-49-26-35(52-42)30-16-18-37-33(23-30)46(19-20-46)32-17-15-31(24-38(32)60-37)34-25-48-39(51-34)14-6-7-21-47-43(56)40(50-27-55)28-9-2-3-10-28/h15-18,23-24,27-29,34-36,40-41H,2-14,19-22,25-26H2,1H3,(H,47,56)(H,48,51)(H,49,52)(H,50,55)(H,53,58)/t34?,35?,36-,40-,41-/m0/s1. The van der Waals surface area contributed by atoms with E-state index in [4.69, 9.17) is 19.5 Å². The van der Waals surface area contributed by atoms with Crippen LogP contribution >= 0.6 is 0 Å². The van der Waals surface area contributed by atoms with Gasteiger partial charge >= 0.3 is 6.09 Å². The van der Waals surface area contributed by atoms with E-state index < -0.39 is 18.2 Å². The highest BCUT2D eigenvalue weighted by atomic mass is 16.5. The summed E-state index contributed by atoms with van der Waals surface area (Å²) in [6.07, 6.45) is 14.8. The Morgan fingerprint density at radius 1 is 0.867 bits per heavy atom. The van der Waals surface area contributed by atoms with E-state index in [9.17, 15) is 19.2 Å². The molecule has 0 radical (unpaired) electrons. The highest BCUT2D eigenvalue weighted by Crippen LogP contribution is 2.62. The van der Waals surface area contributed by atoms with Gasteiger partial charge in [-0.05, 0) is 105 Å². The second kappa shape index (κ2) is 17.5. The minimum atomic E-state index is -0.578. The van der Waals surface area contributed by atoms with Gasteiger partial charge in [-0.15, -0.1) is 0 Å². The lowest BCUT2D eigenvalue weighted by atomic mass is 9.82. The van der Waals surface area contributed by atoms with Gasteiger partial charge in [0.25, 0.3) is 0 Å². The number of unbranched alkanes of at least 4 members (excludes halogenated alkanes) is 1. The number of fused-ring (bicyclic) bond motifs is 4. The Labute approximate surface area is 352 Å². The van der Waals surface area contributed by atoms with Crippen molar-refractivity contribution in [2.45, 2.75) is 132 Å². The molecule has 2 unspecified atom stereocenters. The molecule has 4 aliphatic heterocycles. The third-order valence-corrected chi connectivity index (χ3v) is 14.4. The van der Waals surface area contributed by atoms with Crippen LogP contribution < -0.4 is 31.3 Å². The predicted molar refractivity (Wildman–Crippen MR) is 227 cm³/mol. The average molecular weight is 821 g/mol. The molecule has 0 bridgehead atoms. The third kappa shape index (κ3) is 8.05. The fraction of sp³-hybridized carbons (Fsp3) is 0.609. The number of nitrogens with zero attached hydrogens (tertiary/aromatic N) is 3. The van der Waals surface area contributed by atoms with Crippen LogP contribution in [0.1, 0.15) is 131 Å². The van der Waals surface area contributed by atoms with E-state index >= 15 is 0 Å². The van der Waals surface area contributed by atoms with Crippen LogP contribution in [0.5, 0.6) is 11.5 Å². The number of likely N-dealkylation sites (tertiary alicyclic amines) is 1. The zero-order chi connectivity index (χ0) is 41.2. The van der Waals surface area contributed by atoms with Crippen molar-refractivity contribution >= 4 is 36.0 Å². The van der Waals surface area contributed by atoms with Gasteiger partial charge in [0.1, 0.15) is 29.4 Å². The van der Waals surface area contributed by atoms with Crippen molar-refractivity contribution in [1.82, 2.24) is 31.5 Å².